The van der Waals surface area contributed by atoms with Crippen molar-refractivity contribution in [3.63, 3.8) is 0 Å². The maximum Gasteiger partial charge on any atom is 0.176 e. The van der Waals surface area contributed by atoms with E-state index in [4.69, 9.17) is 4.42 Å². The molecule has 0 spiro atoms. The van der Waals surface area contributed by atoms with Gasteiger partial charge in [0.25, 0.3) is 0 Å². The number of anilines is 1. The van der Waals surface area contributed by atoms with Gasteiger partial charge in [-0.1, -0.05) is 0 Å². The van der Waals surface area contributed by atoms with Crippen LogP contribution in [-0.4, -0.2) is 14.6 Å². The second-order valence-electron chi connectivity index (χ2n) is 3.82. The van der Waals surface area contributed by atoms with E-state index in [1.807, 2.05) is 12.1 Å². The molecule has 0 saturated carbocycles. The molecule has 19 heavy (non-hydrogen) atoms. The van der Waals surface area contributed by atoms with Gasteiger partial charge in [0.15, 0.2) is 5.65 Å². The standard InChI is InChI=1S/C12H8BrN5O/c13-10-4-8(5-14)11(18-7-16-17-12(10)18)15-6-9-2-1-3-19-9/h1-4,7,15H,6H2. The molecule has 0 aliphatic carbocycles. The largest absolute Gasteiger partial charge is 0.467 e. The van der Waals surface area contributed by atoms with Gasteiger partial charge >= 0.3 is 0 Å². The molecule has 0 bridgehead atoms. The summed E-state index contributed by atoms with van der Waals surface area (Å²) in [5.41, 5.74) is 1.16. The number of nitrogens with zero attached hydrogens (tertiary/aromatic N) is 4. The lowest BCUT2D eigenvalue weighted by molar-refractivity contribution is 0.517. The number of furan rings is 1. The highest BCUT2D eigenvalue weighted by Gasteiger charge is 2.12. The van der Waals surface area contributed by atoms with Crippen LogP contribution in [0.1, 0.15) is 11.3 Å². The minimum atomic E-state index is 0.483. The number of nitriles is 1. The van der Waals surface area contributed by atoms with E-state index in [0.29, 0.717) is 23.6 Å². The summed E-state index contributed by atoms with van der Waals surface area (Å²) in [7, 11) is 0. The molecule has 3 aromatic rings. The van der Waals surface area contributed by atoms with Gasteiger partial charge in [-0.15, -0.1) is 10.2 Å². The van der Waals surface area contributed by atoms with Crippen molar-refractivity contribution < 1.29 is 4.42 Å². The molecule has 3 rings (SSSR count). The van der Waals surface area contributed by atoms with E-state index in [1.54, 1.807) is 23.1 Å². The Morgan fingerprint density at radius 1 is 1.53 bits per heavy atom. The Balaban J connectivity index is 2.04. The monoisotopic (exact) mass is 317 g/mol. The number of aromatic nitrogens is 3. The van der Waals surface area contributed by atoms with Crippen LogP contribution in [0.3, 0.4) is 0 Å². The van der Waals surface area contributed by atoms with Gasteiger partial charge in [-0.3, -0.25) is 4.40 Å². The first kappa shape index (κ1) is 11.7. The Morgan fingerprint density at radius 3 is 3.16 bits per heavy atom. The predicted octanol–water partition coefficient (Wildman–Crippen LogP) is 2.57. The molecular weight excluding hydrogens is 310 g/mol. The average molecular weight is 318 g/mol. The molecule has 3 aromatic heterocycles. The maximum absolute atomic E-state index is 9.21. The van der Waals surface area contributed by atoms with Crippen molar-refractivity contribution in [2.24, 2.45) is 0 Å². The van der Waals surface area contributed by atoms with E-state index < -0.39 is 0 Å². The first-order valence-electron chi connectivity index (χ1n) is 5.48. The molecule has 0 aromatic carbocycles. The second-order valence-corrected chi connectivity index (χ2v) is 4.68. The van der Waals surface area contributed by atoms with Crippen LogP contribution in [0, 0.1) is 11.3 Å². The van der Waals surface area contributed by atoms with Crippen molar-refractivity contribution in [1.82, 2.24) is 14.6 Å². The highest BCUT2D eigenvalue weighted by atomic mass is 79.9. The molecule has 0 fully saturated rings. The van der Waals surface area contributed by atoms with Crippen LogP contribution in [0.25, 0.3) is 5.65 Å². The number of hydrogen-bond donors (Lipinski definition) is 1. The molecule has 0 aliphatic rings. The van der Waals surface area contributed by atoms with Crippen molar-refractivity contribution in [1.29, 1.82) is 5.26 Å². The zero-order valence-electron chi connectivity index (χ0n) is 9.67. The fourth-order valence-electron chi connectivity index (χ4n) is 1.80. The second kappa shape index (κ2) is 4.74. The number of nitrogens with one attached hydrogen (secondary N) is 1. The number of fused-ring (bicyclic) bond motifs is 1. The number of halogens is 1. The van der Waals surface area contributed by atoms with Crippen LogP contribution in [0.15, 0.2) is 39.7 Å². The van der Waals surface area contributed by atoms with Crippen molar-refractivity contribution in [2.75, 3.05) is 5.32 Å². The highest BCUT2D eigenvalue weighted by molar-refractivity contribution is 9.10. The van der Waals surface area contributed by atoms with Gasteiger partial charge in [0.2, 0.25) is 0 Å². The summed E-state index contributed by atoms with van der Waals surface area (Å²) in [6.45, 7) is 0.483. The van der Waals surface area contributed by atoms with Gasteiger partial charge in [0.1, 0.15) is 24.0 Å². The lowest BCUT2D eigenvalue weighted by Gasteiger charge is -2.10. The van der Waals surface area contributed by atoms with Crippen LogP contribution >= 0.6 is 15.9 Å². The van der Waals surface area contributed by atoms with Crippen molar-refractivity contribution in [3.8, 4) is 6.07 Å². The van der Waals surface area contributed by atoms with Crippen molar-refractivity contribution >= 4 is 27.4 Å². The predicted molar refractivity (Wildman–Crippen MR) is 71.4 cm³/mol. The Labute approximate surface area is 116 Å². The van der Waals surface area contributed by atoms with E-state index >= 15 is 0 Å². The minimum absolute atomic E-state index is 0.483. The molecule has 3 heterocycles. The Bertz CT molecular complexity index is 756. The van der Waals surface area contributed by atoms with Crippen LogP contribution in [0.2, 0.25) is 0 Å². The van der Waals surface area contributed by atoms with E-state index in [2.05, 4.69) is 37.5 Å². The molecule has 94 valence electrons. The molecule has 0 saturated heterocycles. The molecule has 0 unspecified atom stereocenters. The lowest BCUT2D eigenvalue weighted by Crippen LogP contribution is -2.06. The van der Waals surface area contributed by atoms with Crippen LogP contribution in [-0.2, 0) is 6.54 Å². The van der Waals surface area contributed by atoms with Gasteiger partial charge in [-0.2, -0.15) is 5.26 Å². The molecule has 1 N–H and O–H groups in total. The Kier molecular flexibility index (Phi) is 2.93. The molecule has 7 heteroatoms. The SMILES string of the molecule is N#Cc1cc(Br)c2nncn2c1NCc1ccco1. The van der Waals surface area contributed by atoms with Gasteiger partial charge in [0, 0.05) is 0 Å². The summed E-state index contributed by atoms with van der Waals surface area (Å²) in [6.07, 6.45) is 3.17. The summed E-state index contributed by atoms with van der Waals surface area (Å²) >= 11 is 3.37. The summed E-state index contributed by atoms with van der Waals surface area (Å²) in [6, 6.07) is 7.55. The third-order valence-electron chi connectivity index (χ3n) is 2.66. The summed E-state index contributed by atoms with van der Waals surface area (Å²) in [5, 5.41) is 20.2. The van der Waals surface area contributed by atoms with Crippen molar-refractivity contribution in [3.05, 3.63) is 46.6 Å². The third kappa shape index (κ3) is 2.06. The maximum atomic E-state index is 9.21. The van der Waals surface area contributed by atoms with E-state index in [9.17, 15) is 5.26 Å². The number of pyridine rings is 1. The average Bonchev–Trinajstić information content (AvgIpc) is 3.08. The minimum Gasteiger partial charge on any atom is -0.467 e. The quantitative estimate of drug-likeness (QED) is 0.803. The fraction of sp³-hybridized carbons (Fsp3) is 0.0833. The third-order valence-corrected chi connectivity index (χ3v) is 3.24. The zero-order chi connectivity index (χ0) is 13.2. The molecular formula is C12H8BrN5O. The van der Waals surface area contributed by atoms with Crippen LogP contribution in [0.4, 0.5) is 5.82 Å². The van der Waals surface area contributed by atoms with Gasteiger partial charge in [-0.25, -0.2) is 0 Å². The van der Waals surface area contributed by atoms with Gasteiger partial charge in [0.05, 0.1) is 22.8 Å². The Hall–Kier alpha value is -2.33. The summed E-state index contributed by atoms with van der Waals surface area (Å²) < 4.78 is 7.71. The normalized spacial score (nSPS) is 10.5. The smallest absolute Gasteiger partial charge is 0.176 e. The lowest BCUT2D eigenvalue weighted by atomic mass is 10.2. The van der Waals surface area contributed by atoms with Crippen molar-refractivity contribution in [2.45, 2.75) is 6.54 Å². The van der Waals surface area contributed by atoms with Crippen LogP contribution < -0.4 is 5.32 Å². The van der Waals surface area contributed by atoms with Crippen LogP contribution in [0.5, 0.6) is 0 Å². The van der Waals surface area contributed by atoms with Gasteiger partial charge in [-0.05, 0) is 34.1 Å². The first-order chi connectivity index (χ1) is 9.29. The van der Waals surface area contributed by atoms with E-state index in [-0.39, 0.29) is 0 Å². The number of rotatable bonds is 3. The summed E-state index contributed by atoms with van der Waals surface area (Å²) in [5.74, 6) is 1.43. The molecule has 6 nitrogen and oxygen atoms in total. The zero-order valence-corrected chi connectivity index (χ0v) is 11.3. The molecule has 0 radical (unpaired) electrons. The Morgan fingerprint density at radius 2 is 2.42 bits per heavy atom. The topological polar surface area (TPSA) is 79.2 Å². The first-order valence-corrected chi connectivity index (χ1v) is 6.27. The summed E-state index contributed by atoms with van der Waals surface area (Å²) in [4.78, 5) is 0. The molecule has 0 atom stereocenters. The molecule has 0 amide bonds. The highest BCUT2D eigenvalue weighted by Crippen LogP contribution is 2.25. The number of hydrogen-bond acceptors (Lipinski definition) is 5. The van der Waals surface area contributed by atoms with E-state index in [0.717, 1.165) is 10.2 Å². The van der Waals surface area contributed by atoms with Gasteiger partial charge < -0.3 is 9.73 Å². The fourth-order valence-corrected chi connectivity index (χ4v) is 2.30. The van der Waals surface area contributed by atoms with E-state index in [1.165, 1.54) is 0 Å². The molecule has 0 aliphatic heterocycles.